The van der Waals surface area contributed by atoms with Gasteiger partial charge < -0.3 is 0 Å². The van der Waals surface area contributed by atoms with Gasteiger partial charge in [0.25, 0.3) is 0 Å². The van der Waals surface area contributed by atoms with Crippen LogP contribution in [0.2, 0.25) is 0 Å². The van der Waals surface area contributed by atoms with Crippen LogP contribution in [-0.4, -0.2) is 0 Å². The van der Waals surface area contributed by atoms with Crippen molar-refractivity contribution in [2.24, 2.45) is 0 Å². The van der Waals surface area contributed by atoms with E-state index in [1.807, 2.05) is 30.7 Å². The van der Waals surface area contributed by atoms with E-state index in [1.54, 1.807) is 0 Å². The summed E-state index contributed by atoms with van der Waals surface area (Å²) in [4.78, 5) is 0. The molecule has 2 nitrogen and oxygen atoms in total. The molecule has 0 aliphatic heterocycles. The third kappa shape index (κ3) is 15.6. The Bertz CT molecular complexity index is 117. The van der Waals surface area contributed by atoms with Crippen molar-refractivity contribution < 1.29 is 28.8 Å². The molecule has 0 aromatic rings. The second kappa shape index (κ2) is 23.5. The Morgan fingerprint density at radius 3 is 1.10 bits per heavy atom. The van der Waals surface area contributed by atoms with Crippen molar-refractivity contribution in [3.05, 3.63) is 44.0 Å². The maximum absolute atomic E-state index is 7.50. The van der Waals surface area contributed by atoms with Crippen LogP contribution in [0.4, 0.5) is 0 Å². The number of allylic oxidation sites excluding steroid dienone is 4. The zero-order valence-electron chi connectivity index (χ0n) is 5.08. The average Bonchev–Trinajstić information content (AvgIpc) is 2.51. The van der Waals surface area contributed by atoms with Gasteiger partial charge in [-0.25, -0.2) is 0 Å². The molecule has 0 fully saturated rings. The van der Waals surface area contributed by atoms with E-state index in [0.29, 0.717) is 0 Å². The van der Waals surface area contributed by atoms with Gasteiger partial charge >= 0.3 is 42.1 Å². The molecule has 1 rings (SSSR count). The zero-order chi connectivity index (χ0) is 7.54. The van der Waals surface area contributed by atoms with Gasteiger partial charge in [-0.3, -0.25) is 0 Å². The van der Waals surface area contributed by atoms with E-state index in [1.165, 1.54) is 0 Å². The molecule has 0 unspecified atom stereocenters. The van der Waals surface area contributed by atoms with E-state index in [-0.39, 0.29) is 19.5 Å². The Labute approximate surface area is 73.2 Å². The van der Waals surface area contributed by atoms with Crippen molar-refractivity contribution >= 4 is 0 Å². The zero-order valence-corrected chi connectivity index (χ0v) is 6.94. The fourth-order valence-corrected chi connectivity index (χ4v) is 0.321. The molecule has 0 heterocycles. The van der Waals surface area contributed by atoms with Crippen LogP contribution in [-0.2, 0) is 28.8 Å². The molecule has 1 aliphatic carbocycles. The van der Waals surface area contributed by atoms with Crippen LogP contribution in [0.25, 0.3) is 0 Å². The first kappa shape index (κ1) is 16.3. The third-order valence-electron chi connectivity index (χ3n) is 0.556. The Hall–Kier alpha value is -0.417. The van der Waals surface area contributed by atoms with Crippen molar-refractivity contribution in [2.75, 3.05) is 0 Å². The Morgan fingerprint density at radius 1 is 0.700 bits per heavy atom. The van der Waals surface area contributed by atoms with Gasteiger partial charge in [0, 0.05) is 6.42 Å². The molecule has 0 amide bonds. The SMILES string of the molecule is [C-]#[O+].[C-]#[O+].[CH]1C=CC=C1.[RuH]. The molecule has 0 bridgehead atoms. The molecule has 0 N–H and O–H groups in total. The summed E-state index contributed by atoms with van der Waals surface area (Å²) in [5.74, 6) is 0. The monoisotopic (exact) mass is 224 g/mol. The van der Waals surface area contributed by atoms with Crippen molar-refractivity contribution in [3.63, 3.8) is 0 Å². The van der Waals surface area contributed by atoms with E-state index in [0.717, 1.165) is 0 Å². The van der Waals surface area contributed by atoms with Crippen molar-refractivity contribution in [1.29, 1.82) is 0 Å². The molecule has 10 heavy (non-hydrogen) atoms. The summed E-state index contributed by atoms with van der Waals surface area (Å²) in [5, 5.41) is 0. The van der Waals surface area contributed by atoms with Gasteiger partial charge in [-0.1, -0.05) is 24.3 Å². The molecule has 0 atom stereocenters. The predicted octanol–water partition coefficient (Wildman–Crippen LogP) is 0.971. The van der Waals surface area contributed by atoms with E-state index >= 15 is 0 Å². The molecule has 0 aromatic heterocycles. The van der Waals surface area contributed by atoms with Gasteiger partial charge in [0.05, 0.1) is 0 Å². The van der Waals surface area contributed by atoms with E-state index < -0.39 is 0 Å². The molecule has 1 aliphatic rings. The van der Waals surface area contributed by atoms with E-state index in [9.17, 15) is 0 Å². The Kier molecular flexibility index (Phi) is 38.3. The van der Waals surface area contributed by atoms with Crippen molar-refractivity contribution in [1.82, 2.24) is 0 Å². The van der Waals surface area contributed by atoms with Gasteiger partial charge in [0.15, 0.2) is 0 Å². The van der Waals surface area contributed by atoms with Crippen LogP contribution in [0.15, 0.2) is 24.3 Å². The first-order chi connectivity index (χ1) is 4.50. The molecule has 54 valence electrons. The van der Waals surface area contributed by atoms with E-state index in [2.05, 4.69) is 13.3 Å². The summed E-state index contributed by atoms with van der Waals surface area (Å²) < 4.78 is 15.0. The quantitative estimate of drug-likeness (QED) is 0.333. The molecule has 0 saturated heterocycles. The standard InChI is InChI=1S/C5H5.2CO.Ru.H/c1-2-4-5-3-1;2*1-2;;/h1-5H;;;;. The van der Waals surface area contributed by atoms with Crippen LogP contribution in [0.1, 0.15) is 0 Å². The first-order valence-corrected chi connectivity index (χ1v) is 2.07. The van der Waals surface area contributed by atoms with Gasteiger partial charge in [0.1, 0.15) is 0 Å². The summed E-state index contributed by atoms with van der Waals surface area (Å²) in [6.45, 7) is 9.00. The number of rotatable bonds is 0. The van der Waals surface area contributed by atoms with Crippen LogP contribution in [0, 0.1) is 19.7 Å². The molecular weight excluding hydrogens is 217 g/mol. The van der Waals surface area contributed by atoms with Crippen LogP contribution < -0.4 is 0 Å². The van der Waals surface area contributed by atoms with Crippen LogP contribution in [0.3, 0.4) is 0 Å². The summed E-state index contributed by atoms with van der Waals surface area (Å²) >= 11 is 0. The summed E-state index contributed by atoms with van der Waals surface area (Å²) in [5.41, 5.74) is 0. The van der Waals surface area contributed by atoms with Gasteiger partial charge in [-0.15, -0.1) is 0 Å². The molecule has 1 radical (unpaired) electrons. The molecule has 0 saturated carbocycles. The summed E-state index contributed by atoms with van der Waals surface area (Å²) in [6, 6.07) is 0. The minimum absolute atomic E-state index is 0. The Balaban J connectivity index is -0.0000000875. The number of hydrogen-bond acceptors (Lipinski definition) is 0. The molecule has 0 aromatic carbocycles. The predicted molar refractivity (Wildman–Crippen MR) is 31.8 cm³/mol. The summed E-state index contributed by atoms with van der Waals surface area (Å²) in [7, 11) is 0. The topological polar surface area (TPSA) is 39.8 Å². The van der Waals surface area contributed by atoms with Crippen LogP contribution >= 0.6 is 0 Å². The Morgan fingerprint density at radius 2 is 1.00 bits per heavy atom. The van der Waals surface area contributed by atoms with E-state index in [4.69, 9.17) is 9.30 Å². The average molecular weight is 223 g/mol. The van der Waals surface area contributed by atoms with Gasteiger partial charge in [-0.2, -0.15) is 0 Å². The molecule has 3 heteroatoms. The number of hydrogen-bond donors (Lipinski definition) is 0. The maximum atomic E-state index is 7.50. The normalized spacial score (nSPS) is 9.20. The second-order valence-electron chi connectivity index (χ2n) is 0.962. The fourth-order valence-electron chi connectivity index (χ4n) is 0.321. The van der Waals surface area contributed by atoms with Crippen LogP contribution in [0.5, 0.6) is 0 Å². The molecule has 0 spiro atoms. The van der Waals surface area contributed by atoms with Gasteiger partial charge in [0.2, 0.25) is 0 Å². The molecular formula is C7H6O2Ru. The van der Waals surface area contributed by atoms with Crippen molar-refractivity contribution in [3.8, 4) is 0 Å². The second-order valence-corrected chi connectivity index (χ2v) is 0.962. The first-order valence-electron chi connectivity index (χ1n) is 2.07. The van der Waals surface area contributed by atoms with Crippen molar-refractivity contribution in [2.45, 2.75) is 0 Å². The third-order valence-corrected chi connectivity index (χ3v) is 0.556. The minimum atomic E-state index is 0. The fraction of sp³-hybridized carbons (Fsp3) is 0. The summed E-state index contributed by atoms with van der Waals surface area (Å²) in [6.07, 6.45) is 10.0. The van der Waals surface area contributed by atoms with Gasteiger partial charge in [-0.05, 0) is 0 Å².